The molecule has 5 heteroatoms. The Morgan fingerprint density at radius 2 is 1.76 bits per heavy atom. The van der Waals surface area contributed by atoms with Gasteiger partial charge in [0.1, 0.15) is 0 Å². The molecule has 0 aliphatic carbocycles. The Morgan fingerprint density at radius 3 is 2.38 bits per heavy atom. The Bertz CT molecular complexity index is 522. The van der Waals surface area contributed by atoms with E-state index < -0.39 is 0 Å². The molecule has 1 N–H and O–H groups in total. The van der Waals surface area contributed by atoms with E-state index in [2.05, 4.69) is 53.0 Å². The normalized spacial score (nSPS) is 20.6. The van der Waals surface area contributed by atoms with E-state index in [9.17, 15) is 0 Å². The average molecular weight is 355 g/mol. The summed E-state index contributed by atoms with van der Waals surface area (Å²) in [7, 11) is 0. The molecular formula is C16H23BrN2O2. The summed E-state index contributed by atoms with van der Waals surface area (Å²) < 4.78 is 12.1. The van der Waals surface area contributed by atoms with Crippen LogP contribution in [0.4, 0.5) is 0 Å². The molecule has 1 aromatic rings. The third-order valence-corrected chi connectivity index (χ3v) is 4.81. The van der Waals surface area contributed by atoms with E-state index in [1.165, 1.54) is 5.56 Å². The smallest absolute Gasteiger partial charge is 0.231 e. The van der Waals surface area contributed by atoms with Crippen molar-refractivity contribution in [1.29, 1.82) is 0 Å². The summed E-state index contributed by atoms with van der Waals surface area (Å²) in [5.74, 6) is 1.69. The molecule has 0 bridgehead atoms. The maximum absolute atomic E-state index is 5.57. The Hall–Kier alpha value is -0.780. The van der Waals surface area contributed by atoms with Gasteiger partial charge in [-0.15, -0.1) is 0 Å². The van der Waals surface area contributed by atoms with E-state index in [0.29, 0.717) is 12.8 Å². The summed E-state index contributed by atoms with van der Waals surface area (Å²) in [5.41, 5.74) is 1.43. The van der Waals surface area contributed by atoms with Crippen molar-refractivity contribution in [1.82, 2.24) is 10.2 Å². The highest BCUT2D eigenvalue weighted by Gasteiger charge is 2.35. The number of piperazine rings is 1. The molecule has 116 valence electrons. The Morgan fingerprint density at radius 1 is 1.14 bits per heavy atom. The molecule has 0 aromatic heterocycles. The summed E-state index contributed by atoms with van der Waals surface area (Å²) >= 11 is 3.73. The first-order valence-electron chi connectivity index (χ1n) is 7.50. The summed E-state index contributed by atoms with van der Waals surface area (Å²) in [6.45, 7) is 11.5. The minimum Gasteiger partial charge on any atom is -0.454 e. The number of nitrogens with zero attached hydrogens (tertiary/aromatic N) is 1. The number of hydrogen-bond donors (Lipinski definition) is 1. The molecule has 1 aromatic carbocycles. The van der Waals surface area contributed by atoms with Crippen molar-refractivity contribution in [3.8, 4) is 11.5 Å². The topological polar surface area (TPSA) is 33.7 Å². The van der Waals surface area contributed by atoms with E-state index in [0.717, 1.165) is 42.2 Å². The highest BCUT2D eigenvalue weighted by atomic mass is 79.9. The van der Waals surface area contributed by atoms with Crippen LogP contribution in [0.2, 0.25) is 0 Å². The van der Waals surface area contributed by atoms with Gasteiger partial charge in [-0.25, -0.2) is 0 Å². The van der Waals surface area contributed by atoms with Crippen molar-refractivity contribution < 1.29 is 9.47 Å². The zero-order valence-electron chi connectivity index (χ0n) is 12.9. The number of ether oxygens (including phenoxy) is 2. The maximum atomic E-state index is 5.57. The van der Waals surface area contributed by atoms with Crippen LogP contribution in [0.5, 0.6) is 11.5 Å². The SMILES string of the molecule is CC(C)(C)[C@@H](c1cc2c(cc1Br)OCO2)N1CCNCC1. The van der Waals surface area contributed by atoms with Crippen molar-refractivity contribution in [2.24, 2.45) is 5.41 Å². The second-order valence-electron chi connectivity index (χ2n) is 6.78. The van der Waals surface area contributed by atoms with E-state index in [-0.39, 0.29) is 5.41 Å². The largest absolute Gasteiger partial charge is 0.454 e. The maximum Gasteiger partial charge on any atom is 0.231 e. The van der Waals surface area contributed by atoms with Crippen LogP contribution in [0.3, 0.4) is 0 Å². The minimum atomic E-state index is 0.146. The van der Waals surface area contributed by atoms with Gasteiger partial charge in [0.2, 0.25) is 6.79 Å². The van der Waals surface area contributed by atoms with Crippen LogP contribution in [0.25, 0.3) is 0 Å². The molecule has 2 heterocycles. The van der Waals surface area contributed by atoms with Crippen LogP contribution in [0.15, 0.2) is 16.6 Å². The third kappa shape index (κ3) is 3.05. The second kappa shape index (κ2) is 5.78. The van der Waals surface area contributed by atoms with Crippen LogP contribution in [0, 0.1) is 5.41 Å². The monoisotopic (exact) mass is 354 g/mol. The van der Waals surface area contributed by atoms with Crippen LogP contribution in [-0.2, 0) is 0 Å². The number of hydrogen-bond acceptors (Lipinski definition) is 4. The zero-order valence-corrected chi connectivity index (χ0v) is 14.5. The van der Waals surface area contributed by atoms with Crippen molar-refractivity contribution in [3.63, 3.8) is 0 Å². The van der Waals surface area contributed by atoms with Crippen molar-refractivity contribution in [3.05, 3.63) is 22.2 Å². The summed E-state index contributed by atoms with van der Waals surface area (Å²) in [6.07, 6.45) is 0. The molecular weight excluding hydrogens is 332 g/mol. The minimum absolute atomic E-state index is 0.146. The lowest BCUT2D eigenvalue weighted by Crippen LogP contribution is -2.48. The molecule has 1 fully saturated rings. The lowest BCUT2D eigenvalue weighted by molar-refractivity contribution is 0.0855. The van der Waals surface area contributed by atoms with Crippen molar-refractivity contribution >= 4 is 15.9 Å². The average Bonchev–Trinajstić information content (AvgIpc) is 2.86. The van der Waals surface area contributed by atoms with Gasteiger partial charge in [-0.1, -0.05) is 36.7 Å². The van der Waals surface area contributed by atoms with Gasteiger partial charge in [0, 0.05) is 36.7 Å². The first-order chi connectivity index (χ1) is 9.97. The van der Waals surface area contributed by atoms with Gasteiger partial charge in [-0.2, -0.15) is 0 Å². The van der Waals surface area contributed by atoms with E-state index in [4.69, 9.17) is 9.47 Å². The lowest BCUT2D eigenvalue weighted by atomic mass is 9.81. The summed E-state index contributed by atoms with van der Waals surface area (Å²) in [5, 5.41) is 3.43. The highest BCUT2D eigenvalue weighted by Crippen LogP contribution is 2.45. The van der Waals surface area contributed by atoms with Crippen LogP contribution < -0.4 is 14.8 Å². The number of halogens is 1. The molecule has 1 saturated heterocycles. The molecule has 2 aliphatic rings. The zero-order chi connectivity index (χ0) is 15.0. The number of rotatable bonds is 2. The van der Waals surface area contributed by atoms with Gasteiger partial charge in [0.05, 0.1) is 0 Å². The summed E-state index contributed by atoms with van der Waals surface area (Å²) in [4.78, 5) is 2.57. The number of benzene rings is 1. The predicted octanol–water partition coefficient (Wildman–Crippen LogP) is 3.17. The van der Waals surface area contributed by atoms with Crippen molar-refractivity contribution in [2.45, 2.75) is 26.8 Å². The second-order valence-corrected chi connectivity index (χ2v) is 7.64. The third-order valence-electron chi connectivity index (χ3n) is 4.12. The van der Waals surface area contributed by atoms with E-state index >= 15 is 0 Å². The Balaban J connectivity index is 2.00. The first kappa shape index (κ1) is 15.1. The fourth-order valence-corrected chi connectivity index (χ4v) is 3.83. The fraction of sp³-hybridized carbons (Fsp3) is 0.625. The predicted molar refractivity (Wildman–Crippen MR) is 86.9 cm³/mol. The molecule has 0 saturated carbocycles. The standard InChI is InChI=1S/C16H23BrN2O2/c1-16(2,3)15(19-6-4-18-5-7-19)11-8-13-14(9-12(11)17)21-10-20-13/h8-9,15,18H,4-7,10H2,1-3H3/t15-/m1/s1. The molecule has 0 amide bonds. The van der Waals surface area contributed by atoms with Gasteiger partial charge < -0.3 is 14.8 Å². The van der Waals surface area contributed by atoms with Crippen LogP contribution in [0.1, 0.15) is 32.4 Å². The van der Waals surface area contributed by atoms with Gasteiger partial charge in [-0.05, 0) is 23.1 Å². The van der Waals surface area contributed by atoms with Gasteiger partial charge >= 0.3 is 0 Å². The molecule has 0 unspecified atom stereocenters. The lowest BCUT2D eigenvalue weighted by Gasteiger charge is -2.43. The van der Waals surface area contributed by atoms with Gasteiger partial charge in [0.15, 0.2) is 11.5 Å². The molecule has 0 radical (unpaired) electrons. The van der Waals surface area contributed by atoms with Crippen LogP contribution in [-0.4, -0.2) is 37.9 Å². The molecule has 1 atom stereocenters. The van der Waals surface area contributed by atoms with Gasteiger partial charge in [-0.3, -0.25) is 4.90 Å². The van der Waals surface area contributed by atoms with Crippen molar-refractivity contribution in [2.75, 3.05) is 33.0 Å². The molecule has 21 heavy (non-hydrogen) atoms. The highest BCUT2D eigenvalue weighted by molar-refractivity contribution is 9.10. The molecule has 0 spiro atoms. The Labute approximate surface area is 134 Å². The Kier molecular flexibility index (Phi) is 4.17. The fourth-order valence-electron chi connectivity index (χ4n) is 3.29. The summed E-state index contributed by atoms with van der Waals surface area (Å²) in [6, 6.07) is 4.53. The molecule has 3 rings (SSSR count). The van der Waals surface area contributed by atoms with Crippen LogP contribution >= 0.6 is 15.9 Å². The number of fused-ring (bicyclic) bond motifs is 1. The number of nitrogens with one attached hydrogen (secondary N) is 1. The van der Waals surface area contributed by atoms with E-state index in [1.54, 1.807) is 0 Å². The quantitative estimate of drug-likeness (QED) is 0.884. The molecule has 2 aliphatic heterocycles. The van der Waals surface area contributed by atoms with E-state index in [1.807, 2.05) is 6.07 Å². The molecule has 4 nitrogen and oxygen atoms in total. The van der Waals surface area contributed by atoms with Gasteiger partial charge in [0.25, 0.3) is 0 Å². The first-order valence-corrected chi connectivity index (χ1v) is 8.30.